The van der Waals surface area contributed by atoms with Crippen molar-refractivity contribution in [3.63, 3.8) is 0 Å². The number of para-hydroxylation sites is 1. The molecule has 1 aromatic carbocycles. The number of benzene rings is 1. The van der Waals surface area contributed by atoms with Gasteiger partial charge in [-0.15, -0.1) is 0 Å². The lowest BCUT2D eigenvalue weighted by molar-refractivity contribution is 0.208. The van der Waals surface area contributed by atoms with Gasteiger partial charge >= 0.3 is 6.03 Å². The second kappa shape index (κ2) is 8.46. The maximum atomic E-state index is 12.6. The summed E-state index contributed by atoms with van der Waals surface area (Å²) in [5.74, 6) is 1.78. The van der Waals surface area contributed by atoms with Gasteiger partial charge in [-0.3, -0.25) is 0 Å². The van der Waals surface area contributed by atoms with Crippen LogP contribution in [0.1, 0.15) is 24.8 Å². The largest absolute Gasteiger partial charge is 0.353 e. The van der Waals surface area contributed by atoms with Gasteiger partial charge in [0.1, 0.15) is 5.82 Å². The SMILES string of the molecule is Cc1ccccc1NC(=O)N1CCN(c2ccnc(N3CCCCC3)n2)CC1. The fourth-order valence-electron chi connectivity index (χ4n) is 3.81. The summed E-state index contributed by atoms with van der Waals surface area (Å²) in [5, 5.41) is 3.02. The Hall–Kier alpha value is -2.83. The van der Waals surface area contributed by atoms with Gasteiger partial charge in [-0.1, -0.05) is 18.2 Å². The first-order valence-electron chi connectivity index (χ1n) is 10.2. The predicted octanol–water partition coefficient (Wildman–Crippen LogP) is 3.13. The van der Waals surface area contributed by atoms with Crippen molar-refractivity contribution in [3.05, 3.63) is 42.1 Å². The van der Waals surface area contributed by atoms with Gasteiger partial charge in [0, 0.05) is 51.2 Å². The number of nitrogens with one attached hydrogen (secondary N) is 1. The van der Waals surface area contributed by atoms with Gasteiger partial charge in [0.15, 0.2) is 0 Å². The molecule has 7 nitrogen and oxygen atoms in total. The molecule has 0 unspecified atom stereocenters. The average molecular weight is 380 g/mol. The van der Waals surface area contributed by atoms with Crippen molar-refractivity contribution < 1.29 is 4.79 Å². The summed E-state index contributed by atoms with van der Waals surface area (Å²) in [6, 6.07) is 9.79. The maximum Gasteiger partial charge on any atom is 0.321 e. The van der Waals surface area contributed by atoms with E-state index in [0.29, 0.717) is 13.1 Å². The zero-order valence-corrected chi connectivity index (χ0v) is 16.5. The zero-order chi connectivity index (χ0) is 19.3. The molecule has 7 heteroatoms. The van der Waals surface area contributed by atoms with E-state index in [9.17, 15) is 4.79 Å². The highest BCUT2D eigenvalue weighted by molar-refractivity contribution is 5.90. The van der Waals surface area contributed by atoms with Crippen LogP contribution in [0.25, 0.3) is 0 Å². The van der Waals surface area contributed by atoms with Gasteiger partial charge in [0.2, 0.25) is 5.95 Å². The summed E-state index contributed by atoms with van der Waals surface area (Å²) in [6.07, 6.45) is 5.57. The lowest BCUT2D eigenvalue weighted by Gasteiger charge is -2.36. The van der Waals surface area contributed by atoms with Crippen LogP contribution in [0.5, 0.6) is 0 Å². The van der Waals surface area contributed by atoms with Crippen LogP contribution in [-0.2, 0) is 0 Å². The summed E-state index contributed by atoms with van der Waals surface area (Å²) in [6.45, 7) is 6.99. The van der Waals surface area contributed by atoms with Crippen molar-refractivity contribution in [2.75, 3.05) is 54.4 Å². The second-order valence-electron chi connectivity index (χ2n) is 7.48. The number of piperidine rings is 1. The lowest BCUT2D eigenvalue weighted by Crippen LogP contribution is -2.50. The van der Waals surface area contributed by atoms with Gasteiger partial charge in [-0.25, -0.2) is 9.78 Å². The third-order valence-corrected chi connectivity index (χ3v) is 5.54. The third kappa shape index (κ3) is 4.18. The van der Waals surface area contributed by atoms with E-state index in [4.69, 9.17) is 4.98 Å². The number of aryl methyl sites for hydroxylation is 1. The van der Waals surface area contributed by atoms with Gasteiger partial charge in [-0.2, -0.15) is 4.98 Å². The number of hydrogen-bond acceptors (Lipinski definition) is 5. The van der Waals surface area contributed by atoms with Crippen LogP contribution in [0.2, 0.25) is 0 Å². The molecule has 2 aliphatic heterocycles. The first kappa shape index (κ1) is 18.5. The Morgan fingerprint density at radius 2 is 1.68 bits per heavy atom. The van der Waals surface area contributed by atoms with Crippen LogP contribution in [-0.4, -0.2) is 60.2 Å². The number of urea groups is 1. The molecule has 0 spiro atoms. The summed E-state index contributed by atoms with van der Waals surface area (Å²) >= 11 is 0. The Morgan fingerprint density at radius 1 is 0.929 bits per heavy atom. The van der Waals surface area contributed by atoms with Crippen LogP contribution in [0.4, 0.5) is 22.2 Å². The summed E-state index contributed by atoms with van der Waals surface area (Å²) in [5.41, 5.74) is 1.94. The number of amides is 2. The molecule has 0 radical (unpaired) electrons. The number of aromatic nitrogens is 2. The summed E-state index contributed by atoms with van der Waals surface area (Å²) in [4.78, 5) is 28.2. The van der Waals surface area contributed by atoms with E-state index in [-0.39, 0.29) is 6.03 Å². The minimum Gasteiger partial charge on any atom is -0.353 e. The molecule has 0 bridgehead atoms. The molecule has 4 rings (SSSR count). The van der Waals surface area contributed by atoms with Crippen LogP contribution < -0.4 is 15.1 Å². The lowest BCUT2D eigenvalue weighted by atomic mass is 10.1. The molecule has 2 aliphatic rings. The normalized spacial score (nSPS) is 17.5. The molecular formula is C21H28N6O. The molecule has 0 saturated carbocycles. The Bertz CT molecular complexity index is 812. The molecule has 0 aliphatic carbocycles. The Morgan fingerprint density at radius 3 is 2.43 bits per heavy atom. The van der Waals surface area contributed by atoms with Crippen molar-refractivity contribution in [2.24, 2.45) is 0 Å². The highest BCUT2D eigenvalue weighted by Crippen LogP contribution is 2.20. The fourth-order valence-corrected chi connectivity index (χ4v) is 3.81. The van der Waals surface area contributed by atoms with Crippen molar-refractivity contribution in [2.45, 2.75) is 26.2 Å². The smallest absolute Gasteiger partial charge is 0.321 e. The molecule has 1 N–H and O–H groups in total. The third-order valence-electron chi connectivity index (χ3n) is 5.54. The maximum absolute atomic E-state index is 12.6. The highest BCUT2D eigenvalue weighted by atomic mass is 16.2. The summed E-state index contributed by atoms with van der Waals surface area (Å²) in [7, 11) is 0. The minimum atomic E-state index is -0.0364. The molecule has 2 amide bonds. The quantitative estimate of drug-likeness (QED) is 0.886. The molecule has 2 fully saturated rings. The molecule has 1 aromatic heterocycles. The number of hydrogen-bond donors (Lipinski definition) is 1. The van der Waals surface area contributed by atoms with Crippen molar-refractivity contribution >= 4 is 23.5 Å². The number of rotatable bonds is 3. The van der Waals surface area contributed by atoms with Gasteiger partial charge in [0.25, 0.3) is 0 Å². The van der Waals surface area contributed by atoms with Gasteiger partial charge in [-0.05, 0) is 43.9 Å². The number of carbonyl (C=O) groups excluding carboxylic acids is 1. The Balaban J connectivity index is 1.35. The molecular weight excluding hydrogens is 352 g/mol. The van der Waals surface area contributed by atoms with Crippen LogP contribution in [0, 0.1) is 6.92 Å². The van der Waals surface area contributed by atoms with E-state index in [2.05, 4.69) is 20.1 Å². The van der Waals surface area contributed by atoms with E-state index in [1.54, 1.807) is 0 Å². The van der Waals surface area contributed by atoms with E-state index in [1.165, 1.54) is 19.3 Å². The van der Waals surface area contributed by atoms with Gasteiger partial charge in [0.05, 0.1) is 0 Å². The van der Waals surface area contributed by atoms with Crippen LogP contribution >= 0.6 is 0 Å². The molecule has 2 saturated heterocycles. The molecule has 148 valence electrons. The average Bonchev–Trinajstić information content (AvgIpc) is 2.76. The zero-order valence-electron chi connectivity index (χ0n) is 16.5. The Kier molecular flexibility index (Phi) is 5.60. The van der Waals surface area contributed by atoms with Crippen molar-refractivity contribution in [3.8, 4) is 0 Å². The monoisotopic (exact) mass is 380 g/mol. The number of carbonyl (C=O) groups is 1. The second-order valence-corrected chi connectivity index (χ2v) is 7.48. The van der Waals surface area contributed by atoms with Crippen molar-refractivity contribution in [1.29, 1.82) is 0 Å². The number of piperazine rings is 1. The van der Waals surface area contributed by atoms with Crippen molar-refractivity contribution in [1.82, 2.24) is 14.9 Å². The topological polar surface area (TPSA) is 64.6 Å². The van der Waals surface area contributed by atoms with E-state index < -0.39 is 0 Å². The number of nitrogens with zero attached hydrogens (tertiary/aromatic N) is 5. The van der Waals surface area contributed by atoms with E-state index >= 15 is 0 Å². The first-order valence-corrected chi connectivity index (χ1v) is 10.2. The van der Waals surface area contributed by atoms with Crippen LogP contribution in [0.3, 0.4) is 0 Å². The molecule has 28 heavy (non-hydrogen) atoms. The van der Waals surface area contributed by atoms with Crippen LogP contribution in [0.15, 0.2) is 36.5 Å². The number of anilines is 3. The first-order chi connectivity index (χ1) is 13.7. The predicted molar refractivity (Wildman–Crippen MR) is 112 cm³/mol. The standard InChI is InChI=1S/C21H28N6O/c1-17-7-3-4-8-18(17)23-21(28)27-15-13-25(14-16-27)19-9-10-22-20(24-19)26-11-5-2-6-12-26/h3-4,7-10H,2,5-6,11-16H2,1H3,(H,23,28). The molecule has 3 heterocycles. The molecule has 0 atom stereocenters. The Labute approximate surface area is 166 Å². The molecule has 2 aromatic rings. The van der Waals surface area contributed by atoms with Gasteiger partial charge < -0.3 is 20.0 Å². The fraction of sp³-hybridized carbons (Fsp3) is 0.476. The van der Waals surface area contributed by atoms with E-state index in [0.717, 1.165) is 49.2 Å². The highest BCUT2D eigenvalue weighted by Gasteiger charge is 2.23. The van der Waals surface area contributed by atoms with E-state index in [1.807, 2.05) is 48.4 Å². The minimum absolute atomic E-state index is 0.0364. The summed E-state index contributed by atoms with van der Waals surface area (Å²) < 4.78 is 0.